The van der Waals surface area contributed by atoms with Crippen LogP contribution in [0.4, 0.5) is 20.5 Å². The first kappa shape index (κ1) is 19.8. The van der Waals surface area contributed by atoms with E-state index < -0.39 is 11.6 Å². The molecule has 9 heteroatoms. The number of pyridine rings is 1. The summed E-state index contributed by atoms with van der Waals surface area (Å²) in [5.74, 6) is 0.0116. The number of aryl methyl sites for hydroxylation is 1. The molecule has 0 aliphatic heterocycles. The number of hydrogen-bond donors (Lipinski definition) is 2. The van der Waals surface area contributed by atoms with Crippen LogP contribution in [0, 0.1) is 18.6 Å². The number of rotatable bonds is 5. The molecule has 7 nitrogen and oxygen atoms in total. The number of benzene rings is 1. The SMILES string of the molecule is Cc1nc2c(F)cc(-c3nc(Nc4ccc(CO)cn4)ncc3F)cc2n1C(C)C. The van der Waals surface area contributed by atoms with Crippen molar-refractivity contribution in [2.75, 3.05) is 5.32 Å². The third kappa shape index (κ3) is 3.59. The topological polar surface area (TPSA) is 88.8 Å². The van der Waals surface area contributed by atoms with E-state index in [0.29, 0.717) is 22.7 Å². The maximum absolute atomic E-state index is 14.8. The Morgan fingerprint density at radius 3 is 2.53 bits per heavy atom. The second kappa shape index (κ2) is 7.75. The second-order valence-corrected chi connectivity index (χ2v) is 7.17. The lowest BCUT2D eigenvalue weighted by molar-refractivity contribution is 0.281. The standard InChI is InChI=1S/C21H20F2N6O/c1-11(2)29-12(3)26-20-15(22)6-14(7-17(20)29)19-16(23)9-25-21(28-19)27-18-5-4-13(10-30)8-24-18/h4-9,11,30H,10H2,1-3H3,(H,24,25,27,28). The Hall–Kier alpha value is -3.46. The fourth-order valence-corrected chi connectivity index (χ4v) is 3.39. The Bertz CT molecular complexity index is 1220. The number of fused-ring (bicyclic) bond motifs is 1. The van der Waals surface area contributed by atoms with Crippen molar-refractivity contribution in [2.24, 2.45) is 0 Å². The van der Waals surface area contributed by atoms with Crippen LogP contribution in [-0.4, -0.2) is 29.6 Å². The van der Waals surface area contributed by atoms with E-state index in [0.717, 1.165) is 6.20 Å². The van der Waals surface area contributed by atoms with Crippen LogP contribution in [0.25, 0.3) is 22.3 Å². The smallest absolute Gasteiger partial charge is 0.229 e. The molecule has 154 valence electrons. The predicted molar refractivity (Wildman–Crippen MR) is 109 cm³/mol. The summed E-state index contributed by atoms with van der Waals surface area (Å²) in [5.41, 5.74) is 1.72. The van der Waals surface area contributed by atoms with Gasteiger partial charge in [-0.25, -0.2) is 28.7 Å². The van der Waals surface area contributed by atoms with Crippen molar-refractivity contribution in [3.63, 3.8) is 0 Å². The Morgan fingerprint density at radius 1 is 1.07 bits per heavy atom. The van der Waals surface area contributed by atoms with Crippen molar-refractivity contribution in [1.29, 1.82) is 0 Å². The van der Waals surface area contributed by atoms with Crippen LogP contribution in [0.2, 0.25) is 0 Å². The number of nitrogens with one attached hydrogen (secondary N) is 1. The third-order valence-electron chi connectivity index (χ3n) is 4.71. The molecule has 0 fully saturated rings. The number of imidazole rings is 1. The zero-order valence-corrected chi connectivity index (χ0v) is 16.7. The van der Waals surface area contributed by atoms with E-state index in [1.807, 2.05) is 25.3 Å². The Balaban J connectivity index is 1.77. The predicted octanol–water partition coefficient (Wildman–Crippen LogP) is 4.29. The molecule has 0 radical (unpaired) electrons. The van der Waals surface area contributed by atoms with Gasteiger partial charge in [0.2, 0.25) is 5.95 Å². The molecule has 0 spiro atoms. The van der Waals surface area contributed by atoms with Gasteiger partial charge in [0.25, 0.3) is 0 Å². The number of aromatic nitrogens is 5. The minimum atomic E-state index is -0.671. The van der Waals surface area contributed by atoms with Crippen LogP contribution in [0.15, 0.2) is 36.7 Å². The van der Waals surface area contributed by atoms with Crippen LogP contribution in [0.1, 0.15) is 31.3 Å². The number of hydrogen-bond acceptors (Lipinski definition) is 6. The van der Waals surface area contributed by atoms with E-state index in [1.165, 1.54) is 12.3 Å². The molecule has 3 heterocycles. The van der Waals surface area contributed by atoms with Gasteiger partial charge in [-0.05, 0) is 44.5 Å². The molecule has 0 saturated heterocycles. The number of aliphatic hydroxyl groups excluding tert-OH is 1. The van der Waals surface area contributed by atoms with Gasteiger partial charge in [0, 0.05) is 17.8 Å². The molecule has 2 N–H and O–H groups in total. The van der Waals surface area contributed by atoms with Gasteiger partial charge in [-0.2, -0.15) is 0 Å². The number of halogens is 2. The van der Waals surface area contributed by atoms with E-state index in [1.54, 1.807) is 18.2 Å². The Labute approximate surface area is 171 Å². The maximum Gasteiger partial charge on any atom is 0.229 e. The molecule has 4 aromatic rings. The Morgan fingerprint density at radius 2 is 1.87 bits per heavy atom. The van der Waals surface area contributed by atoms with Gasteiger partial charge in [-0.3, -0.25) is 0 Å². The summed E-state index contributed by atoms with van der Waals surface area (Å²) < 4.78 is 31.2. The molecule has 0 amide bonds. The molecule has 30 heavy (non-hydrogen) atoms. The summed E-state index contributed by atoms with van der Waals surface area (Å²) in [6.45, 7) is 5.63. The molecule has 1 aromatic carbocycles. The summed E-state index contributed by atoms with van der Waals surface area (Å²) >= 11 is 0. The average Bonchev–Trinajstić information content (AvgIpc) is 3.06. The summed E-state index contributed by atoms with van der Waals surface area (Å²) in [4.78, 5) is 16.6. The third-order valence-corrected chi connectivity index (χ3v) is 4.71. The van der Waals surface area contributed by atoms with E-state index in [9.17, 15) is 8.78 Å². The monoisotopic (exact) mass is 410 g/mol. The lowest BCUT2D eigenvalue weighted by Gasteiger charge is -2.12. The van der Waals surface area contributed by atoms with Crippen molar-refractivity contribution in [1.82, 2.24) is 24.5 Å². The second-order valence-electron chi connectivity index (χ2n) is 7.17. The van der Waals surface area contributed by atoms with Gasteiger partial charge in [0.1, 0.15) is 22.9 Å². The van der Waals surface area contributed by atoms with Gasteiger partial charge in [-0.1, -0.05) is 6.07 Å². The Kier molecular flexibility index (Phi) is 5.13. The van der Waals surface area contributed by atoms with E-state index in [4.69, 9.17) is 5.11 Å². The van der Waals surface area contributed by atoms with Crippen LogP contribution < -0.4 is 5.32 Å². The van der Waals surface area contributed by atoms with Crippen LogP contribution in [0.5, 0.6) is 0 Å². The highest BCUT2D eigenvalue weighted by Crippen LogP contribution is 2.30. The van der Waals surface area contributed by atoms with Crippen LogP contribution in [-0.2, 0) is 6.61 Å². The molecule has 0 bridgehead atoms. The first-order chi connectivity index (χ1) is 14.4. The van der Waals surface area contributed by atoms with Crippen molar-refractivity contribution in [2.45, 2.75) is 33.4 Å². The van der Waals surface area contributed by atoms with Crippen molar-refractivity contribution < 1.29 is 13.9 Å². The zero-order chi connectivity index (χ0) is 21.4. The number of aliphatic hydroxyl groups is 1. The summed E-state index contributed by atoms with van der Waals surface area (Å²) in [6, 6.07) is 6.31. The highest BCUT2D eigenvalue weighted by molar-refractivity contribution is 5.83. The molecular formula is C21H20F2N6O. The summed E-state index contributed by atoms with van der Waals surface area (Å²) in [7, 11) is 0. The lowest BCUT2D eigenvalue weighted by atomic mass is 10.1. The molecule has 3 aromatic heterocycles. The molecule has 0 saturated carbocycles. The van der Waals surface area contributed by atoms with Gasteiger partial charge in [0.15, 0.2) is 11.6 Å². The van der Waals surface area contributed by atoms with Gasteiger partial charge >= 0.3 is 0 Å². The van der Waals surface area contributed by atoms with Gasteiger partial charge < -0.3 is 15.0 Å². The average molecular weight is 410 g/mol. The molecule has 0 aliphatic rings. The summed E-state index contributed by atoms with van der Waals surface area (Å²) in [6.07, 6.45) is 2.53. The van der Waals surface area contributed by atoms with Gasteiger partial charge in [0.05, 0.1) is 18.3 Å². The largest absolute Gasteiger partial charge is 0.392 e. The molecule has 4 rings (SSSR count). The molecular weight excluding hydrogens is 390 g/mol. The minimum absolute atomic E-state index is 0.0329. The fourth-order valence-electron chi connectivity index (χ4n) is 3.39. The zero-order valence-electron chi connectivity index (χ0n) is 16.7. The first-order valence-corrected chi connectivity index (χ1v) is 9.41. The lowest BCUT2D eigenvalue weighted by Crippen LogP contribution is -2.04. The number of anilines is 2. The fraction of sp³-hybridized carbons (Fsp3) is 0.238. The first-order valence-electron chi connectivity index (χ1n) is 9.41. The van der Waals surface area contributed by atoms with Gasteiger partial charge in [-0.15, -0.1) is 0 Å². The van der Waals surface area contributed by atoms with Crippen molar-refractivity contribution >= 4 is 22.8 Å². The van der Waals surface area contributed by atoms with E-state index >= 15 is 0 Å². The van der Waals surface area contributed by atoms with E-state index in [-0.39, 0.29) is 35.4 Å². The highest BCUT2D eigenvalue weighted by atomic mass is 19.1. The van der Waals surface area contributed by atoms with E-state index in [2.05, 4.69) is 25.3 Å². The highest BCUT2D eigenvalue weighted by Gasteiger charge is 2.18. The molecule has 0 unspecified atom stereocenters. The van der Waals surface area contributed by atoms with Crippen LogP contribution in [0.3, 0.4) is 0 Å². The van der Waals surface area contributed by atoms with Crippen LogP contribution >= 0.6 is 0 Å². The maximum atomic E-state index is 14.8. The molecule has 0 atom stereocenters. The minimum Gasteiger partial charge on any atom is -0.392 e. The normalized spacial score (nSPS) is 11.4. The summed E-state index contributed by atoms with van der Waals surface area (Å²) in [5, 5.41) is 12.0. The quantitative estimate of drug-likeness (QED) is 0.510. The number of nitrogens with zero attached hydrogens (tertiary/aromatic N) is 5. The van der Waals surface area contributed by atoms with Crippen molar-refractivity contribution in [3.05, 3.63) is 59.7 Å². The molecule has 0 aliphatic carbocycles. The van der Waals surface area contributed by atoms with Crippen molar-refractivity contribution in [3.8, 4) is 11.3 Å².